The molecule has 0 aromatic heterocycles. The van der Waals surface area contributed by atoms with Crippen LogP contribution in [0.2, 0.25) is 0 Å². The first-order valence-electron chi connectivity index (χ1n) is 5.21. The van der Waals surface area contributed by atoms with Crippen molar-refractivity contribution in [2.45, 2.75) is 12.8 Å². The second-order valence-electron chi connectivity index (χ2n) is 3.95. The van der Waals surface area contributed by atoms with Crippen molar-refractivity contribution in [2.75, 3.05) is 11.4 Å². The van der Waals surface area contributed by atoms with Gasteiger partial charge in [-0.3, -0.25) is 9.59 Å². The summed E-state index contributed by atoms with van der Waals surface area (Å²) in [4.78, 5) is 24.0. The molecule has 3 nitrogen and oxygen atoms in total. The number of carbonyl (C=O) groups excluding carboxylic acids is 2. The molecule has 1 amide bonds. The van der Waals surface area contributed by atoms with E-state index in [0.717, 1.165) is 23.0 Å². The summed E-state index contributed by atoms with van der Waals surface area (Å²) < 4.78 is 0.954. The van der Waals surface area contributed by atoms with Gasteiger partial charge >= 0.3 is 0 Å². The number of hydrogen-bond donors (Lipinski definition) is 0. The molecule has 2 rings (SSSR count). The Kier molecular flexibility index (Phi) is 3.39. The third kappa shape index (κ3) is 2.70. The van der Waals surface area contributed by atoms with E-state index in [0.29, 0.717) is 6.41 Å². The smallest absolute Gasteiger partial charge is 0.214 e. The molecule has 1 aromatic rings. The SMILES string of the molecule is O=CN(CC(=O)C1CC1)c1ccc(Br)cc1. The summed E-state index contributed by atoms with van der Waals surface area (Å²) in [5.74, 6) is 0.355. The Bertz CT molecular complexity index is 398. The maximum Gasteiger partial charge on any atom is 0.214 e. The van der Waals surface area contributed by atoms with E-state index in [2.05, 4.69) is 15.9 Å². The fourth-order valence-electron chi connectivity index (χ4n) is 1.52. The van der Waals surface area contributed by atoms with Crippen LogP contribution in [-0.4, -0.2) is 18.7 Å². The number of rotatable bonds is 5. The summed E-state index contributed by atoms with van der Waals surface area (Å²) in [7, 11) is 0. The molecule has 0 heterocycles. The highest BCUT2D eigenvalue weighted by atomic mass is 79.9. The minimum absolute atomic E-state index is 0.162. The van der Waals surface area contributed by atoms with Crippen molar-refractivity contribution in [3.8, 4) is 0 Å². The topological polar surface area (TPSA) is 37.4 Å². The highest BCUT2D eigenvalue weighted by molar-refractivity contribution is 9.10. The van der Waals surface area contributed by atoms with Crippen LogP contribution in [0.1, 0.15) is 12.8 Å². The number of Topliss-reactive ketones (excluding diaryl/α,β-unsaturated/α-hetero) is 1. The standard InChI is InChI=1S/C12H12BrNO2/c13-10-3-5-11(6-4-10)14(8-15)7-12(16)9-1-2-9/h3-6,8-9H,1-2,7H2. The Hall–Kier alpha value is -1.16. The molecule has 0 radical (unpaired) electrons. The van der Waals surface area contributed by atoms with Crippen molar-refractivity contribution in [1.82, 2.24) is 0 Å². The lowest BCUT2D eigenvalue weighted by Gasteiger charge is -2.16. The fourth-order valence-corrected chi connectivity index (χ4v) is 1.79. The summed E-state index contributed by atoms with van der Waals surface area (Å²) >= 11 is 3.33. The van der Waals surface area contributed by atoms with E-state index in [1.165, 1.54) is 4.90 Å². The van der Waals surface area contributed by atoms with Gasteiger partial charge in [0, 0.05) is 16.1 Å². The first kappa shape index (κ1) is 11.3. The largest absolute Gasteiger partial charge is 0.308 e. The average molecular weight is 282 g/mol. The van der Waals surface area contributed by atoms with E-state index in [-0.39, 0.29) is 18.2 Å². The van der Waals surface area contributed by atoms with Crippen LogP contribution in [0.15, 0.2) is 28.7 Å². The van der Waals surface area contributed by atoms with Crippen LogP contribution in [0, 0.1) is 5.92 Å². The van der Waals surface area contributed by atoms with Gasteiger partial charge in [-0.05, 0) is 37.1 Å². The number of amides is 1. The lowest BCUT2D eigenvalue weighted by atomic mass is 10.2. The van der Waals surface area contributed by atoms with Crippen LogP contribution >= 0.6 is 15.9 Å². The van der Waals surface area contributed by atoms with Gasteiger partial charge in [0.15, 0.2) is 5.78 Å². The first-order chi connectivity index (χ1) is 7.70. The molecular formula is C12H12BrNO2. The van der Waals surface area contributed by atoms with Crippen molar-refractivity contribution in [1.29, 1.82) is 0 Å². The van der Waals surface area contributed by atoms with Gasteiger partial charge in [-0.2, -0.15) is 0 Å². The van der Waals surface area contributed by atoms with E-state index >= 15 is 0 Å². The normalized spacial score (nSPS) is 14.6. The molecule has 1 aliphatic rings. The van der Waals surface area contributed by atoms with E-state index < -0.39 is 0 Å². The van der Waals surface area contributed by atoms with Crippen molar-refractivity contribution >= 4 is 33.8 Å². The van der Waals surface area contributed by atoms with Crippen LogP contribution in [-0.2, 0) is 9.59 Å². The van der Waals surface area contributed by atoms with Gasteiger partial charge in [-0.25, -0.2) is 0 Å². The highest BCUT2D eigenvalue weighted by Crippen LogP contribution is 2.30. The van der Waals surface area contributed by atoms with Crippen molar-refractivity contribution in [2.24, 2.45) is 5.92 Å². The Balaban J connectivity index is 2.06. The maximum absolute atomic E-state index is 11.6. The summed E-state index contributed by atoms with van der Waals surface area (Å²) in [5.41, 5.74) is 0.757. The minimum atomic E-state index is 0.162. The quantitative estimate of drug-likeness (QED) is 0.778. The summed E-state index contributed by atoms with van der Waals surface area (Å²) in [5, 5.41) is 0. The molecule has 4 heteroatoms. The monoisotopic (exact) mass is 281 g/mol. The van der Waals surface area contributed by atoms with Crippen LogP contribution < -0.4 is 4.90 Å². The Labute approximate surface area is 103 Å². The van der Waals surface area contributed by atoms with Crippen LogP contribution in [0.4, 0.5) is 5.69 Å². The molecule has 1 fully saturated rings. The molecule has 0 bridgehead atoms. The van der Waals surface area contributed by atoms with Gasteiger partial charge in [-0.15, -0.1) is 0 Å². The van der Waals surface area contributed by atoms with E-state index in [9.17, 15) is 9.59 Å². The zero-order chi connectivity index (χ0) is 11.5. The van der Waals surface area contributed by atoms with Gasteiger partial charge < -0.3 is 4.90 Å². The summed E-state index contributed by atoms with van der Waals surface area (Å²) in [6, 6.07) is 7.35. The lowest BCUT2D eigenvalue weighted by molar-refractivity contribution is -0.120. The molecular weight excluding hydrogens is 270 g/mol. The molecule has 0 aliphatic heterocycles. The predicted octanol–water partition coefficient (Wildman–Crippen LogP) is 2.39. The minimum Gasteiger partial charge on any atom is -0.308 e. The molecule has 1 aromatic carbocycles. The molecule has 16 heavy (non-hydrogen) atoms. The van der Waals surface area contributed by atoms with Crippen LogP contribution in [0.3, 0.4) is 0 Å². The Morgan fingerprint density at radius 1 is 1.38 bits per heavy atom. The van der Waals surface area contributed by atoms with E-state index in [4.69, 9.17) is 0 Å². The second-order valence-corrected chi connectivity index (χ2v) is 4.87. The number of anilines is 1. The fraction of sp³-hybridized carbons (Fsp3) is 0.333. The molecule has 1 aliphatic carbocycles. The van der Waals surface area contributed by atoms with Gasteiger partial charge in [0.1, 0.15) is 0 Å². The zero-order valence-corrected chi connectivity index (χ0v) is 10.3. The molecule has 0 atom stereocenters. The zero-order valence-electron chi connectivity index (χ0n) is 8.73. The molecule has 84 valence electrons. The Morgan fingerprint density at radius 2 is 2.00 bits per heavy atom. The van der Waals surface area contributed by atoms with Crippen LogP contribution in [0.25, 0.3) is 0 Å². The third-order valence-electron chi connectivity index (χ3n) is 2.64. The van der Waals surface area contributed by atoms with E-state index in [1.54, 1.807) is 0 Å². The molecule has 0 N–H and O–H groups in total. The summed E-state index contributed by atoms with van der Waals surface area (Å²) in [6.07, 6.45) is 2.67. The predicted molar refractivity (Wildman–Crippen MR) is 65.3 cm³/mol. The highest BCUT2D eigenvalue weighted by Gasteiger charge is 2.30. The molecule has 0 saturated heterocycles. The number of nitrogens with zero attached hydrogens (tertiary/aromatic N) is 1. The number of carbonyl (C=O) groups is 2. The lowest BCUT2D eigenvalue weighted by Crippen LogP contribution is -2.29. The number of hydrogen-bond acceptors (Lipinski definition) is 2. The number of ketones is 1. The Morgan fingerprint density at radius 3 is 2.50 bits per heavy atom. The average Bonchev–Trinajstić information content (AvgIpc) is 3.11. The van der Waals surface area contributed by atoms with Gasteiger partial charge in [0.05, 0.1) is 6.54 Å². The maximum atomic E-state index is 11.6. The van der Waals surface area contributed by atoms with Crippen molar-refractivity contribution < 1.29 is 9.59 Å². The number of halogens is 1. The van der Waals surface area contributed by atoms with Gasteiger partial charge in [-0.1, -0.05) is 15.9 Å². The summed E-state index contributed by atoms with van der Waals surface area (Å²) in [6.45, 7) is 0.190. The molecule has 0 unspecified atom stereocenters. The molecule has 1 saturated carbocycles. The van der Waals surface area contributed by atoms with Crippen molar-refractivity contribution in [3.63, 3.8) is 0 Å². The third-order valence-corrected chi connectivity index (χ3v) is 3.17. The first-order valence-corrected chi connectivity index (χ1v) is 6.00. The molecule has 0 spiro atoms. The van der Waals surface area contributed by atoms with Crippen LogP contribution in [0.5, 0.6) is 0 Å². The number of benzene rings is 1. The second kappa shape index (κ2) is 4.78. The van der Waals surface area contributed by atoms with Gasteiger partial charge in [0.25, 0.3) is 0 Å². The van der Waals surface area contributed by atoms with Crippen molar-refractivity contribution in [3.05, 3.63) is 28.7 Å². The van der Waals surface area contributed by atoms with E-state index in [1.807, 2.05) is 24.3 Å². The van der Waals surface area contributed by atoms with Gasteiger partial charge in [0.2, 0.25) is 6.41 Å².